The van der Waals surface area contributed by atoms with Crippen LogP contribution in [0.1, 0.15) is 11.1 Å². The molecular weight excluding hydrogens is 763 g/mol. The molecule has 0 saturated heterocycles. The summed E-state index contributed by atoms with van der Waals surface area (Å²) in [6, 6.07) is 85.6. The molecule has 0 bridgehead atoms. The number of nitrogens with zero attached hydrogens (tertiary/aromatic N) is 1. The first-order valence-electron chi connectivity index (χ1n) is 21.7. The summed E-state index contributed by atoms with van der Waals surface area (Å²) in [5.74, 6) is 0. The summed E-state index contributed by atoms with van der Waals surface area (Å²) < 4.78 is 6.63. The van der Waals surface area contributed by atoms with Gasteiger partial charge < -0.3 is 9.32 Å². The normalized spacial score (nSPS) is 11.7. The zero-order valence-electron chi connectivity index (χ0n) is 34.6. The van der Waals surface area contributed by atoms with Crippen molar-refractivity contribution in [3.8, 4) is 66.8 Å². The van der Waals surface area contributed by atoms with Crippen molar-refractivity contribution >= 4 is 39.0 Å². The van der Waals surface area contributed by atoms with Crippen LogP contribution < -0.4 is 4.90 Å². The van der Waals surface area contributed by atoms with Crippen molar-refractivity contribution in [2.24, 2.45) is 0 Å². The van der Waals surface area contributed by atoms with Gasteiger partial charge in [0.25, 0.3) is 0 Å². The smallest absolute Gasteiger partial charge is 0.143 e. The van der Waals surface area contributed by atoms with E-state index in [-0.39, 0.29) is 0 Å². The second kappa shape index (κ2) is 15.4. The Labute approximate surface area is 367 Å². The summed E-state index contributed by atoms with van der Waals surface area (Å²) >= 11 is 0. The molecule has 296 valence electrons. The molecule has 12 rings (SSSR count). The second-order valence-corrected chi connectivity index (χ2v) is 16.5. The molecule has 1 heterocycles. The van der Waals surface area contributed by atoms with E-state index in [0.717, 1.165) is 67.7 Å². The summed E-state index contributed by atoms with van der Waals surface area (Å²) in [4.78, 5) is 2.35. The van der Waals surface area contributed by atoms with Crippen LogP contribution in [0, 0.1) is 0 Å². The van der Waals surface area contributed by atoms with Gasteiger partial charge in [0, 0.05) is 33.4 Å². The molecule has 2 nitrogen and oxygen atoms in total. The molecule has 0 N–H and O–H groups in total. The van der Waals surface area contributed by atoms with E-state index in [1.54, 1.807) is 0 Å². The Morgan fingerprint density at radius 2 is 0.746 bits per heavy atom. The van der Waals surface area contributed by atoms with Gasteiger partial charge in [-0.05, 0) is 139 Å². The van der Waals surface area contributed by atoms with Gasteiger partial charge in [-0.3, -0.25) is 0 Å². The van der Waals surface area contributed by atoms with Gasteiger partial charge in [-0.15, -0.1) is 0 Å². The van der Waals surface area contributed by atoms with E-state index in [9.17, 15) is 0 Å². The molecule has 0 fully saturated rings. The van der Waals surface area contributed by atoms with Crippen molar-refractivity contribution in [1.29, 1.82) is 0 Å². The second-order valence-electron chi connectivity index (χ2n) is 16.5. The van der Waals surface area contributed by atoms with Crippen LogP contribution in [-0.4, -0.2) is 0 Å². The molecular formula is C61H41NO. The third-order valence-electron chi connectivity index (χ3n) is 12.7. The molecule has 1 aliphatic rings. The van der Waals surface area contributed by atoms with E-state index >= 15 is 0 Å². The van der Waals surface area contributed by atoms with Gasteiger partial charge in [0.05, 0.1) is 0 Å². The average Bonchev–Trinajstić information content (AvgIpc) is 3.94. The Morgan fingerprint density at radius 3 is 1.40 bits per heavy atom. The zero-order chi connectivity index (χ0) is 41.7. The highest BCUT2D eigenvalue weighted by Crippen LogP contribution is 2.45. The number of para-hydroxylation sites is 2. The van der Waals surface area contributed by atoms with E-state index in [0.29, 0.717) is 0 Å². The summed E-state index contributed by atoms with van der Waals surface area (Å²) in [5, 5.41) is 2.26. The Bertz CT molecular complexity index is 3350. The van der Waals surface area contributed by atoms with E-state index in [2.05, 4.69) is 235 Å². The SMILES string of the molecule is c1ccc(-c2ccc(N(c3ccc(-c4ccccc4)cc3)c3ccc(-c4cc(-c5cccc6c5Cc5ccccc5-6)cc(-c5cccc6c5oc5ccccc56)c4)cc3)cc2)cc1. The number of hydrogen-bond donors (Lipinski definition) is 0. The third kappa shape index (κ3) is 6.61. The summed E-state index contributed by atoms with van der Waals surface area (Å²) in [6.07, 6.45) is 0.920. The number of rotatable bonds is 8. The van der Waals surface area contributed by atoms with Crippen LogP contribution >= 0.6 is 0 Å². The van der Waals surface area contributed by atoms with E-state index < -0.39 is 0 Å². The van der Waals surface area contributed by atoms with Gasteiger partial charge in [0.2, 0.25) is 0 Å². The standard InChI is InChI=1S/C61H41NO/c1-3-13-41(14-4-1)43-25-31-50(32-26-43)62(51-33-27-44(28-34-51)42-15-5-2-6-16-42)52-35-29-45(30-36-52)47-37-48(54-20-11-22-56-53-18-8-7-17-46(53)40-59(54)56)39-49(38-47)55-21-12-23-58-57-19-9-10-24-60(57)63-61(55)58/h1-39H,40H2. The number of anilines is 3. The highest BCUT2D eigenvalue weighted by atomic mass is 16.3. The summed E-state index contributed by atoms with van der Waals surface area (Å²) in [7, 11) is 0. The fraction of sp³-hybridized carbons (Fsp3) is 0.0164. The first-order chi connectivity index (χ1) is 31.2. The highest BCUT2D eigenvalue weighted by molar-refractivity contribution is 6.10. The fourth-order valence-electron chi connectivity index (χ4n) is 9.62. The lowest BCUT2D eigenvalue weighted by atomic mass is 9.89. The molecule has 0 atom stereocenters. The van der Waals surface area contributed by atoms with Crippen molar-refractivity contribution in [2.75, 3.05) is 4.90 Å². The average molecular weight is 804 g/mol. The van der Waals surface area contributed by atoms with Crippen LogP contribution in [0.3, 0.4) is 0 Å². The predicted molar refractivity (Wildman–Crippen MR) is 264 cm³/mol. The Morgan fingerprint density at radius 1 is 0.302 bits per heavy atom. The number of hydrogen-bond acceptors (Lipinski definition) is 2. The first-order valence-corrected chi connectivity index (χ1v) is 21.7. The van der Waals surface area contributed by atoms with Gasteiger partial charge in [-0.1, -0.05) is 176 Å². The summed E-state index contributed by atoms with van der Waals surface area (Å²) in [5.41, 5.74) is 22.3. The lowest BCUT2D eigenvalue weighted by Crippen LogP contribution is -2.09. The van der Waals surface area contributed by atoms with Crippen molar-refractivity contribution < 1.29 is 4.42 Å². The molecule has 63 heavy (non-hydrogen) atoms. The minimum Gasteiger partial charge on any atom is -0.455 e. The Balaban J connectivity index is 0.982. The molecule has 0 radical (unpaired) electrons. The maximum atomic E-state index is 6.63. The fourth-order valence-corrected chi connectivity index (χ4v) is 9.62. The van der Waals surface area contributed by atoms with Gasteiger partial charge in [-0.25, -0.2) is 0 Å². The molecule has 0 amide bonds. The molecule has 2 heteroatoms. The van der Waals surface area contributed by atoms with Gasteiger partial charge in [0.1, 0.15) is 11.2 Å². The maximum Gasteiger partial charge on any atom is 0.143 e. The number of furan rings is 1. The van der Waals surface area contributed by atoms with Crippen LogP contribution in [0.2, 0.25) is 0 Å². The molecule has 1 aliphatic carbocycles. The van der Waals surface area contributed by atoms with Crippen LogP contribution in [-0.2, 0) is 6.42 Å². The molecule has 0 unspecified atom stereocenters. The van der Waals surface area contributed by atoms with E-state index in [4.69, 9.17) is 4.42 Å². The number of fused-ring (bicyclic) bond motifs is 6. The van der Waals surface area contributed by atoms with Crippen LogP contribution in [0.4, 0.5) is 17.1 Å². The van der Waals surface area contributed by atoms with Crippen molar-refractivity contribution in [1.82, 2.24) is 0 Å². The van der Waals surface area contributed by atoms with Crippen LogP contribution in [0.25, 0.3) is 88.7 Å². The van der Waals surface area contributed by atoms with Gasteiger partial charge >= 0.3 is 0 Å². The van der Waals surface area contributed by atoms with Crippen molar-refractivity contribution in [3.63, 3.8) is 0 Å². The maximum absolute atomic E-state index is 6.63. The molecule has 0 spiro atoms. The third-order valence-corrected chi connectivity index (χ3v) is 12.7. The minimum absolute atomic E-state index is 0.902. The highest BCUT2D eigenvalue weighted by Gasteiger charge is 2.23. The zero-order valence-corrected chi connectivity index (χ0v) is 34.6. The van der Waals surface area contributed by atoms with Crippen LogP contribution in [0.15, 0.2) is 241 Å². The lowest BCUT2D eigenvalue weighted by molar-refractivity contribution is 0.670. The molecule has 0 aliphatic heterocycles. The predicted octanol–water partition coefficient (Wildman–Crippen LogP) is 17.0. The Kier molecular flexibility index (Phi) is 8.93. The van der Waals surface area contributed by atoms with Crippen LogP contribution in [0.5, 0.6) is 0 Å². The minimum atomic E-state index is 0.902. The Hall–Kier alpha value is -8.20. The largest absolute Gasteiger partial charge is 0.455 e. The monoisotopic (exact) mass is 803 g/mol. The molecule has 11 aromatic rings. The van der Waals surface area contributed by atoms with Gasteiger partial charge in [-0.2, -0.15) is 0 Å². The number of benzene rings is 10. The van der Waals surface area contributed by atoms with Crippen molar-refractivity contribution in [2.45, 2.75) is 6.42 Å². The van der Waals surface area contributed by atoms with Crippen molar-refractivity contribution in [3.05, 3.63) is 248 Å². The van der Waals surface area contributed by atoms with E-state index in [1.807, 2.05) is 6.07 Å². The first kappa shape index (κ1) is 36.6. The quantitative estimate of drug-likeness (QED) is 0.152. The molecule has 10 aromatic carbocycles. The topological polar surface area (TPSA) is 16.4 Å². The molecule has 0 saturated carbocycles. The summed E-state index contributed by atoms with van der Waals surface area (Å²) in [6.45, 7) is 0. The molecule has 1 aromatic heterocycles. The van der Waals surface area contributed by atoms with Gasteiger partial charge in [0.15, 0.2) is 0 Å². The van der Waals surface area contributed by atoms with E-state index in [1.165, 1.54) is 55.6 Å². The lowest BCUT2D eigenvalue weighted by Gasteiger charge is -2.26.